The van der Waals surface area contributed by atoms with E-state index in [4.69, 9.17) is 4.74 Å². The van der Waals surface area contributed by atoms with Crippen LogP contribution < -0.4 is 15.0 Å². The van der Waals surface area contributed by atoms with Gasteiger partial charge in [0, 0.05) is 30.4 Å². The molecule has 1 aliphatic heterocycles. The summed E-state index contributed by atoms with van der Waals surface area (Å²) in [5, 5.41) is 3.33. The molecular weight excluding hydrogens is 231 g/mol. The number of benzene rings is 1. The molecule has 1 aromatic rings. The first kappa shape index (κ1) is 13.1. The third-order valence-corrected chi connectivity index (χ3v) is 3.75. The van der Waals surface area contributed by atoms with Crippen LogP contribution in [0.3, 0.4) is 0 Å². The Balaban J connectivity index is 2.16. The van der Waals surface area contributed by atoms with Gasteiger partial charge in [0.25, 0.3) is 0 Å². The van der Waals surface area contributed by atoms with Gasteiger partial charge in [0.1, 0.15) is 0 Å². The highest BCUT2D eigenvalue weighted by Gasteiger charge is 2.25. The number of anilines is 1. The summed E-state index contributed by atoms with van der Waals surface area (Å²) in [5.74, 6) is 0.00875. The van der Waals surface area contributed by atoms with Crippen LogP contribution in [0.4, 0.5) is 10.1 Å². The fourth-order valence-corrected chi connectivity index (χ4v) is 2.65. The van der Waals surface area contributed by atoms with E-state index in [2.05, 4.69) is 17.1 Å². The van der Waals surface area contributed by atoms with Crippen LogP contribution in [-0.2, 0) is 0 Å². The molecule has 1 aromatic carbocycles. The normalized spacial score (nSPS) is 24.1. The molecule has 0 radical (unpaired) electrons. The molecule has 1 saturated heterocycles. The van der Waals surface area contributed by atoms with E-state index in [1.165, 1.54) is 13.2 Å². The largest absolute Gasteiger partial charge is 0.494 e. The van der Waals surface area contributed by atoms with Crippen molar-refractivity contribution in [1.29, 1.82) is 0 Å². The summed E-state index contributed by atoms with van der Waals surface area (Å²) in [6, 6.07) is 6.12. The van der Waals surface area contributed by atoms with Crippen molar-refractivity contribution in [1.82, 2.24) is 5.32 Å². The lowest BCUT2D eigenvalue weighted by atomic mass is 9.97. The first-order valence-corrected chi connectivity index (χ1v) is 6.43. The smallest absolute Gasteiger partial charge is 0.165 e. The molecule has 0 bridgehead atoms. The minimum Gasteiger partial charge on any atom is -0.494 e. The summed E-state index contributed by atoms with van der Waals surface area (Å²) < 4.78 is 18.4. The van der Waals surface area contributed by atoms with Crippen molar-refractivity contribution in [3.8, 4) is 5.75 Å². The summed E-state index contributed by atoms with van der Waals surface area (Å²) in [5.41, 5.74) is 1.04. The van der Waals surface area contributed by atoms with Crippen LogP contribution in [0, 0.1) is 5.82 Å². The standard InChI is InChI=1S/C14H21FN2O/c1-10-8-11(16-2)6-7-17(10)12-4-5-13(15)14(9-12)18-3/h4-5,9-11,16H,6-8H2,1-3H3. The molecule has 0 amide bonds. The van der Waals surface area contributed by atoms with E-state index < -0.39 is 0 Å². The van der Waals surface area contributed by atoms with E-state index in [1.807, 2.05) is 13.1 Å². The molecule has 0 spiro atoms. The highest BCUT2D eigenvalue weighted by molar-refractivity contribution is 5.52. The van der Waals surface area contributed by atoms with Gasteiger partial charge in [-0.15, -0.1) is 0 Å². The van der Waals surface area contributed by atoms with E-state index in [0.717, 1.165) is 25.1 Å². The Morgan fingerprint density at radius 1 is 1.44 bits per heavy atom. The topological polar surface area (TPSA) is 24.5 Å². The molecule has 0 aromatic heterocycles. The van der Waals surface area contributed by atoms with Crippen molar-refractivity contribution < 1.29 is 9.13 Å². The van der Waals surface area contributed by atoms with Crippen molar-refractivity contribution in [3.63, 3.8) is 0 Å². The van der Waals surface area contributed by atoms with Gasteiger partial charge >= 0.3 is 0 Å². The van der Waals surface area contributed by atoms with Crippen molar-refractivity contribution in [2.75, 3.05) is 25.6 Å². The molecule has 0 saturated carbocycles. The van der Waals surface area contributed by atoms with Gasteiger partial charge in [-0.2, -0.15) is 0 Å². The Morgan fingerprint density at radius 2 is 2.22 bits per heavy atom. The number of piperidine rings is 1. The molecule has 1 fully saturated rings. The van der Waals surface area contributed by atoms with Gasteiger partial charge in [0.05, 0.1) is 7.11 Å². The molecule has 2 rings (SSSR count). The van der Waals surface area contributed by atoms with Crippen LogP contribution in [0.15, 0.2) is 18.2 Å². The number of ether oxygens (including phenoxy) is 1. The van der Waals surface area contributed by atoms with Crippen LogP contribution in [-0.4, -0.2) is 32.8 Å². The van der Waals surface area contributed by atoms with E-state index in [0.29, 0.717) is 17.8 Å². The molecule has 1 N–H and O–H groups in total. The van der Waals surface area contributed by atoms with Crippen LogP contribution in [0.5, 0.6) is 5.75 Å². The Labute approximate surface area is 108 Å². The lowest BCUT2D eigenvalue weighted by Crippen LogP contribution is -2.46. The van der Waals surface area contributed by atoms with Gasteiger partial charge in [0.2, 0.25) is 0 Å². The number of nitrogens with one attached hydrogen (secondary N) is 1. The number of methoxy groups -OCH3 is 1. The molecule has 100 valence electrons. The van der Waals surface area contributed by atoms with E-state index in [9.17, 15) is 4.39 Å². The molecule has 2 unspecified atom stereocenters. The fourth-order valence-electron chi connectivity index (χ4n) is 2.65. The van der Waals surface area contributed by atoms with Gasteiger partial charge in [-0.1, -0.05) is 0 Å². The number of nitrogens with zero attached hydrogens (tertiary/aromatic N) is 1. The molecule has 1 aliphatic rings. The van der Waals surface area contributed by atoms with E-state index in [1.54, 1.807) is 6.07 Å². The summed E-state index contributed by atoms with van der Waals surface area (Å²) in [6.07, 6.45) is 2.22. The van der Waals surface area contributed by atoms with Crippen molar-refractivity contribution in [2.45, 2.75) is 31.8 Å². The summed E-state index contributed by atoms with van der Waals surface area (Å²) in [6.45, 7) is 3.20. The Hall–Kier alpha value is -1.29. The summed E-state index contributed by atoms with van der Waals surface area (Å²) in [7, 11) is 3.51. The maximum atomic E-state index is 13.4. The second-order valence-corrected chi connectivity index (χ2v) is 4.87. The zero-order valence-electron chi connectivity index (χ0n) is 11.2. The number of halogens is 1. The fraction of sp³-hybridized carbons (Fsp3) is 0.571. The van der Waals surface area contributed by atoms with Crippen molar-refractivity contribution in [2.24, 2.45) is 0 Å². The third-order valence-electron chi connectivity index (χ3n) is 3.75. The molecule has 18 heavy (non-hydrogen) atoms. The summed E-state index contributed by atoms with van der Waals surface area (Å²) >= 11 is 0. The third kappa shape index (κ3) is 2.58. The zero-order valence-corrected chi connectivity index (χ0v) is 11.2. The quantitative estimate of drug-likeness (QED) is 0.894. The lowest BCUT2D eigenvalue weighted by molar-refractivity contribution is 0.379. The van der Waals surface area contributed by atoms with Crippen LogP contribution in [0.2, 0.25) is 0 Å². The number of hydrogen-bond donors (Lipinski definition) is 1. The average molecular weight is 252 g/mol. The van der Waals surface area contributed by atoms with Gasteiger partial charge < -0.3 is 15.0 Å². The SMILES string of the molecule is CNC1CCN(c2ccc(F)c(OC)c2)C(C)C1. The Kier molecular flexibility index (Phi) is 4.07. The minimum absolute atomic E-state index is 0.306. The lowest BCUT2D eigenvalue weighted by Gasteiger charge is -2.39. The predicted molar refractivity (Wildman–Crippen MR) is 71.8 cm³/mol. The van der Waals surface area contributed by atoms with Crippen molar-refractivity contribution in [3.05, 3.63) is 24.0 Å². The molecule has 2 atom stereocenters. The maximum Gasteiger partial charge on any atom is 0.165 e. The Bertz CT molecular complexity index is 411. The maximum absolute atomic E-state index is 13.4. The molecule has 0 aliphatic carbocycles. The predicted octanol–water partition coefficient (Wildman–Crippen LogP) is 2.41. The first-order valence-electron chi connectivity index (χ1n) is 6.43. The molecule has 4 heteroatoms. The van der Waals surface area contributed by atoms with Crippen LogP contribution in [0.25, 0.3) is 0 Å². The van der Waals surface area contributed by atoms with E-state index in [-0.39, 0.29) is 5.82 Å². The zero-order chi connectivity index (χ0) is 13.1. The van der Waals surface area contributed by atoms with Gasteiger partial charge in [-0.05, 0) is 38.9 Å². The molecule has 1 heterocycles. The monoisotopic (exact) mass is 252 g/mol. The average Bonchev–Trinajstić information content (AvgIpc) is 2.39. The van der Waals surface area contributed by atoms with Crippen LogP contribution in [0.1, 0.15) is 19.8 Å². The van der Waals surface area contributed by atoms with Crippen molar-refractivity contribution >= 4 is 5.69 Å². The number of rotatable bonds is 3. The first-order chi connectivity index (χ1) is 8.65. The second-order valence-electron chi connectivity index (χ2n) is 4.87. The molecular formula is C14H21FN2O. The highest BCUT2D eigenvalue weighted by atomic mass is 19.1. The number of hydrogen-bond acceptors (Lipinski definition) is 3. The van der Waals surface area contributed by atoms with Gasteiger partial charge in [-0.25, -0.2) is 4.39 Å². The summed E-state index contributed by atoms with van der Waals surface area (Å²) in [4.78, 5) is 2.32. The van der Waals surface area contributed by atoms with Crippen LogP contribution >= 0.6 is 0 Å². The van der Waals surface area contributed by atoms with Gasteiger partial charge in [-0.3, -0.25) is 0 Å². The minimum atomic E-state index is -0.306. The van der Waals surface area contributed by atoms with Gasteiger partial charge in [0.15, 0.2) is 11.6 Å². The Morgan fingerprint density at radius 3 is 2.83 bits per heavy atom. The second kappa shape index (κ2) is 5.57. The molecule has 3 nitrogen and oxygen atoms in total. The highest BCUT2D eigenvalue weighted by Crippen LogP contribution is 2.29. The van der Waals surface area contributed by atoms with E-state index >= 15 is 0 Å².